The Morgan fingerprint density at radius 3 is 2.36 bits per heavy atom. The molecule has 3 atom stereocenters. The highest BCUT2D eigenvalue weighted by molar-refractivity contribution is 14.1. The molecule has 2 aromatic carbocycles. The fourth-order valence-electron chi connectivity index (χ4n) is 8.52. The molecule has 0 unspecified atom stereocenters. The van der Waals surface area contributed by atoms with Crippen LogP contribution in [-0.4, -0.2) is 67.7 Å². The van der Waals surface area contributed by atoms with E-state index in [4.69, 9.17) is 11.6 Å². The number of carbonyl (C=O) groups excluding carboxylic acids is 3. The monoisotopic (exact) mass is 742 g/mol. The molecule has 3 N–H and O–H groups in total. The number of nitrogens with zero attached hydrogens (tertiary/aromatic N) is 1. The summed E-state index contributed by atoms with van der Waals surface area (Å²) in [7, 11) is 3.46. The van der Waals surface area contributed by atoms with Crippen LogP contribution in [0.25, 0.3) is 0 Å². The highest BCUT2D eigenvalue weighted by Gasteiger charge is 2.77. The summed E-state index contributed by atoms with van der Waals surface area (Å²) in [4.78, 5) is 42.8. The predicted molar refractivity (Wildman–Crippen MR) is 169 cm³/mol. The lowest BCUT2D eigenvalue weighted by Gasteiger charge is -2.59. The minimum atomic E-state index is -1.48. The molecule has 0 radical (unpaired) electrons. The van der Waals surface area contributed by atoms with Gasteiger partial charge in [-0.2, -0.15) is 0 Å². The summed E-state index contributed by atoms with van der Waals surface area (Å²) in [5, 5.41) is 9.92. The summed E-state index contributed by atoms with van der Waals surface area (Å²) in [5.41, 5.74) is -2.49. The van der Waals surface area contributed by atoms with Gasteiger partial charge in [-0.1, -0.05) is 17.7 Å². The lowest BCUT2D eigenvalue weighted by atomic mass is 9.46. The Kier molecular flexibility index (Phi) is 8.22. The van der Waals surface area contributed by atoms with E-state index >= 15 is 4.39 Å². The molecule has 6 rings (SSSR count). The number of rotatable bonds is 6. The average Bonchev–Trinajstić information content (AvgIpc) is 3.43. The molecule has 4 aliphatic rings. The van der Waals surface area contributed by atoms with Gasteiger partial charge in [0.05, 0.1) is 19.4 Å². The third kappa shape index (κ3) is 4.83. The number of amides is 3. The Morgan fingerprint density at radius 1 is 1.07 bits per heavy atom. The molecule has 2 spiro atoms. The lowest BCUT2D eigenvalue weighted by molar-refractivity contribution is -0.134. The van der Waals surface area contributed by atoms with Crippen molar-refractivity contribution in [2.24, 2.45) is 11.3 Å². The third-order valence-electron chi connectivity index (χ3n) is 10.3. The van der Waals surface area contributed by atoms with Crippen LogP contribution in [0, 0.1) is 20.7 Å². The Labute approximate surface area is 273 Å². The number of hydrogen-bond donors (Lipinski definition) is 3. The molecule has 1 saturated heterocycles. The molecule has 3 fully saturated rings. The lowest BCUT2D eigenvalue weighted by Crippen LogP contribution is -2.70. The normalized spacial score (nSPS) is 29.7. The zero-order chi connectivity index (χ0) is 31.6. The maximum atomic E-state index is 15.0. The predicted octanol–water partition coefficient (Wildman–Crippen LogP) is 5.25. The van der Waals surface area contributed by atoms with E-state index in [1.54, 1.807) is 43.3 Å². The average molecular weight is 743 g/mol. The SMILES string of the molecule is CN(C)C(=O)[C@H]1CC[C@H](NC(=O)[C@@H]2NC3(CC(CF)(CF)C3)[C@@]3(C(=O)Nc4cc(Cl)ccc43)[C@H]2c2cc(F)cc(I)c2)CC1. The third-order valence-corrected chi connectivity index (χ3v) is 11.2. The van der Waals surface area contributed by atoms with Gasteiger partial charge in [-0.05, 0) is 103 Å². The first-order chi connectivity index (χ1) is 20.9. The summed E-state index contributed by atoms with van der Waals surface area (Å²) in [6.07, 6.45) is 2.43. The van der Waals surface area contributed by atoms with Crippen molar-refractivity contribution in [2.75, 3.05) is 32.8 Å². The topological polar surface area (TPSA) is 90.5 Å². The van der Waals surface area contributed by atoms with Gasteiger partial charge in [-0.25, -0.2) is 4.39 Å². The second-order valence-electron chi connectivity index (χ2n) is 13.2. The smallest absolute Gasteiger partial charge is 0.238 e. The maximum Gasteiger partial charge on any atom is 0.238 e. The number of anilines is 1. The van der Waals surface area contributed by atoms with E-state index in [0.717, 1.165) is 0 Å². The van der Waals surface area contributed by atoms with Crippen LogP contribution in [0.2, 0.25) is 5.02 Å². The van der Waals surface area contributed by atoms with Gasteiger partial charge in [-0.15, -0.1) is 0 Å². The molecular weight excluding hydrogens is 708 g/mol. The standard InChI is InChI=1S/C32H35ClF3IN4O3/c1-41(2)28(43)17-3-6-22(7-4-17)38-27(42)26-25(18-9-20(36)12-21(37)10-18)32(31(40-26)13-30(14-31,15-34)16-35)23-8-5-19(33)11-24(23)39-29(32)44/h5,8-12,17,22,25-26,40H,3-4,6-7,13-16H2,1-2H3,(H,38,42)(H,39,44)/t17-,22-,25-,26+,32+/m0/s1. The Hall–Kier alpha value is -2.38. The van der Waals surface area contributed by atoms with Gasteiger partial charge >= 0.3 is 0 Å². The first-order valence-corrected chi connectivity index (χ1v) is 16.3. The van der Waals surface area contributed by atoms with Gasteiger partial charge in [0.25, 0.3) is 0 Å². The van der Waals surface area contributed by atoms with E-state index in [1.807, 2.05) is 22.6 Å². The van der Waals surface area contributed by atoms with E-state index in [1.165, 1.54) is 12.1 Å². The van der Waals surface area contributed by atoms with Gasteiger partial charge in [0.1, 0.15) is 11.2 Å². The van der Waals surface area contributed by atoms with Crippen LogP contribution in [-0.2, 0) is 19.8 Å². The minimum absolute atomic E-state index is 0.0209. The van der Waals surface area contributed by atoms with E-state index in [0.29, 0.717) is 51.1 Å². The number of carbonyl (C=O) groups is 3. The van der Waals surface area contributed by atoms with Crippen molar-refractivity contribution in [3.05, 3.63) is 61.9 Å². The molecule has 2 saturated carbocycles. The van der Waals surface area contributed by atoms with Crippen LogP contribution in [0.3, 0.4) is 0 Å². The molecule has 12 heteroatoms. The van der Waals surface area contributed by atoms with E-state index in [-0.39, 0.29) is 36.6 Å². The summed E-state index contributed by atoms with van der Waals surface area (Å²) in [6.45, 7) is -1.82. The van der Waals surface area contributed by atoms with Crippen molar-refractivity contribution in [1.82, 2.24) is 15.5 Å². The van der Waals surface area contributed by atoms with E-state index < -0.39 is 53.4 Å². The van der Waals surface area contributed by atoms with E-state index in [9.17, 15) is 23.2 Å². The Balaban J connectivity index is 1.43. The number of hydrogen-bond acceptors (Lipinski definition) is 4. The second-order valence-corrected chi connectivity index (χ2v) is 14.9. The van der Waals surface area contributed by atoms with Gasteiger partial charge in [0.2, 0.25) is 17.7 Å². The van der Waals surface area contributed by atoms with Gasteiger partial charge in [0.15, 0.2) is 0 Å². The van der Waals surface area contributed by atoms with Crippen molar-refractivity contribution in [2.45, 2.75) is 67.5 Å². The Morgan fingerprint density at radius 2 is 1.75 bits per heavy atom. The molecule has 2 heterocycles. The van der Waals surface area contributed by atoms with Crippen molar-refractivity contribution >= 4 is 57.6 Å². The van der Waals surface area contributed by atoms with Crippen molar-refractivity contribution < 1.29 is 27.6 Å². The summed E-state index contributed by atoms with van der Waals surface area (Å²) in [6, 6.07) is 8.25. The summed E-state index contributed by atoms with van der Waals surface area (Å²) < 4.78 is 44.3. The minimum Gasteiger partial charge on any atom is -0.352 e. The Bertz CT molecular complexity index is 1490. The number of benzene rings is 2. The second kappa shape index (κ2) is 11.5. The van der Waals surface area contributed by atoms with Gasteiger partial charge in [0, 0.05) is 57.2 Å². The van der Waals surface area contributed by atoms with Crippen LogP contribution in [0.4, 0.5) is 18.9 Å². The fraction of sp³-hybridized carbons (Fsp3) is 0.531. The largest absolute Gasteiger partial charge is 0.352 e. The van der Waals surface area contributed by atoms with Gasteiger partial charge in [-0.3, -0.25) is 28.5 Å². The molecule has 7 nitrogen and oxygen atoms in total. The number of nitrogens with one attached hydrogen (secondary N) is 3. The highest BCUT2D eigenvalue weighted by atomic mass is 127. The zero-order valence-corrected chi connectivity index (χ0v) is 27.4. The number of fused-ring (bicyclic) bond motifs is 3. The molecular formula is C32H35ClF3IN4O3. The summed E-state index contributed by atoms with van der Waals surface area (Å²) in [5.74, 6) is -2.25. The first-order valence-electron chi connectivity index (χ1n) is 14.9. The molecule has 0 bridgehead atoms. The number of alkyl halides is 2. The molecule has 3 amide bonds. The highest BCUT2D eigenvalue weighted by Crippen LogP contribution is 2.68. The van der Waals surface area contributed by atoms with Crippen molar-refractivity contribution in [3.8, 4) is 0 Å². The van der Waals surface area contributed by atoms with Crippen molar-refractivity contribution in [3.63, 3.8) is 0 Å². The van der Waals surface area contributed by atoms with Crippen LogP contribution < -0.4 is 16.0 Å². The van der Waals surface area contributed by atoms with Crippen molar-refractivity contribution in [1.29, 1.82) is 0 Å². The molecule has 2 aliphatic carbocycles. The van der Waals surface area contributed by atoms with Crippen LogP contribution in [0.5, 0.6) is 0 Å². The van der Waals surface area contributed by atoms with Crippen LogP contribution in [0.15, 0.2) is 36.4 Å². The quantitative estimate of drug-likeness (QED) is 0.353. The molecule has 2 aromatic rings. The van der Waals surface area contributed by atoms with Gasteiger partial charge < -0.3 is 15.5 Å². The maximum absolute atomic E-state index is 15.0. The molecule has 2 aliphatic heterocycles. The fourth-order valence-corrected chi connectivity index (χ4v) is 9.35. The zero-order valence-electron chi connectivity index (χ0n) is 24.5. The molecule has 0 aromatic heterocycles. The number of halogens is 5. The summed E-state index contributed by atoms with van der Waals surface area (Å²) >= 11 is 8.30. The van der Waals surface area contributed by atoms with E-state index in [2.05, 4.69) is 16.0 Å². The van der Waals surface area contributed by atoms with Crippen LogP contribution >= 0.6 is 34.2 Å². The molecule has 236 valence electrons. The molecule has 44 heavy (non-hydrogen) atoms. The van der Waals surface area contributed by atoms with Crippen LogP contribution in [0.1, 0.15) is 55.6 Å². The first kappa shape index (κ1) is 31.6.